The summed E-state index contributed by atoms with van der Waals surface area (Å²) >= 11 is 6.13. The number of nitrogens with zero attached hydrogens (tertiary/aromatic N) is 2. The number of amides is 1. The van der Waals surface area contributed by atoms with Gasteiger partial charge in [0, 0.05) is 16.6 Å². The normalized spacial score (nSPS) is 18.7. The highest BCUT2D eigenvalue weighted by molar-refractivity contribution is 6.30. The van der Waals surface area contributed by atoms with E-state index in [4.69, 9.17) is 16.6 Å². The van der Waals surface area contributed by atoms with E-state index < -0.39 is 0 Å². The molecule has 1 heterocycles. The summed E-state index contributed by atoms with van der Waals surface area (Å²) in [4.78, 5) is 18.4. The second-order valence-electron chi connectivity index (χ2n) is 8.43. The standard InChI is InChI=1S/C24H26ClN3O/c25-18-12-10-17(11-13-18)23-27-20-8-4-5-9-21(20)28(23)22(16-6-2-1-3-7-16)24(29)26-19-14-15-19/h4-5,8-13,16,19,22H,1-3,6-7,14-15H2,(H,26,29)/t22-/m0/s1. The van der Waals surface area contributed by atoms with Gasteiger partial charge in [-0.05, 0) is 68.0 Å². The van der Waals surface area contributed by atoms with E-state index in [2.05, 4.69) is 16.0 Å². The molecule has 2 saturated carbocycles. The Labute approximate surface area is 176 Å². The minimum absolute atomic E-state index is 0.151. The number of benzene rings is 2. The van der Waals surface area contributed by atoms with Gasteiger partial charge in [-0.25, -0.2) is 4.98 Å². The summed E-state index contributed by atoms with van der Waals surface area (Å²) < 4.78 is 2.20. The van der Waals surface area contributed by atoms with Crippen LogP contribution >= 0.6 is 11.6 Å². The lowest BCUT2D eigenvalue weighted by molar-refractivity contribution is -0.126. The summed E-state index contributed by atoms with van der Waals surface area (Å²) in [5, 5.41) is 3.98. The third kappa shape index (κ3) is 3.78. The van der Waals surface area contributed by atoms with Gasteiger partial charge >= 0.3 is 0 Å². The lowest BCUT2D eigenvalue weighted by Gasteiger charge is -2.32. The smallest absolute Gasteiger partial charge is 0.243 e. The summed E-state index contributed by atoms with van der Waals surface area (Å²) in [6, 6.07) is 16.0. The van der Waals surface area contributed by atoms with Crippen molar-refractivity contribution in [3.63, 3.8) is 0 Å². The highest BCUT2D eigenvalue weighted by Crippen LogP contribution is 2.39. The Hall–Kier alpha value is -2.33. The minimum atomic E-state index is -0.228. The molecule has 0 saturated heterocycles. The molecule has 5 rings (SSSR count). The molecule has 3 aromatic rings. The van der Waals surface area contributed by atoms with Crippen molar-refractivity contribution in [3.8, 4) is 11.4 Å². The second-order valence-corrected chi connectivity index (χ2v) is 8.86. The molecular formula is C24H26ClN3O. The van der Waals surface area contributed by atoms with Crippen molar-refractivity contribution >= 4 is 28.5 Å². The SMILES string of the molecule is O=C(NC1CC1)[C@H](C1CCCCC1)n1c(-c2ccc(Cl)cc2)nc2ccccc21. The molecule has 2 fully saturated rings. The van der Waals surface area contributed by atoms with Crippen LogP contribution in [-0.4, -0.2) is 21.5 Å². The summed E-state index contributed by atoms with van der Waals surface area (Å²) in [5.41, 5.74) is 2.95. The average molecular weight is 408 g/mol. The van der Waals surface area contributed by atoms with Crippen molar-refractivity contribution in [3.05, 3.63) is 53.6 Å². The van der Waals surface area contributed by atoms with Crippen molar-refractivity contribution in [1.82, 2.24) is 14.9 Å². The van der Waals surface area contributed by atoms with E-state index in [1.54, 1.807) is 0 Å². The van der Waals surface area contributed by atoms with Crippen LogP contribution < -0.4 is 5.32 Å². The largest absolute Gasteiger partial charge is 0.352 e. The van der Waals surface area contributed by atoms with Crippen molar-refractivity contribution in [1.29, 1.82) is 0 Å². The van der Waals surface area contributed by atoms with Gasteiger partial charge < -0.3 is 9.88 Å². The zero-order chi connectivity index (χ0) is 19.8. The Bertz CT molecular complexity index is 1020. The second kappa shape index (κ2) is 7.83. The third-order valence-corrected chi connectivity index (χ3v) is 6.52. The van der Waals surface area contributed by atoms with E-state index >= 15 is 0 Å². The first-order valence-electron chi connectivity index (χ1n) is 10.7. The van der Waals surface area contributed by atoms with Crippen LogP contribution in [0, 0.1) is 5.92 Å². The number of halogens is 1. The van der Waals surface area contributed by atoms with Crippen molar-refractivity contribution in [2.24, 2.45) is 5.92 Å². The molecule has 29 heavy (non-hydrogen) atoms. The maximum atomic E-state index is 13.5. The lowest BCUT2D eigenvalue weighted by Crippen LogP contribution is -2.39. The highest BCUT2D eigenvalue weighted by atomic mass is 35.5. The number of rotatable bonds is 5. The monoisotopic (exact) mass is 407 g/mol. The molecule has 150 valence electrons. The number of imidazole rings is 1. The topological polar surface area (TPSA) is 46.9 Å². The molecule has 2 aliphatic rings. The number of nitrogens with one attached hydrogen (secondary N) is 1. The van der Waals surface area contributed by atoms with E-state index in [1.165, 1.54) is 19.3 Å². The lowest BCUT2D eigenvalue weighted by atomic mass is 9.83. The summed E-state index contributed by atoms with van der Waals surface area (Å²) in [6.45, 7) is 0. The van der Waals surface area contributed by atoms with E-state index in [9.17, 15) is 4.79 Å². The molecule has 0 aliphatic heterocycles. The summed E-state index contributed by atoms with van der Waals surface area (Å²) in [5.74, 6) is 1.34. The van der Waals surface area contributed by atoms with Gasteiger partial charge in [0.25, 0.3) is 0 Å². The quantitative estimate of drug-likeness (QED) is 0.584. The first kappa shape index (κ1) is 18.7. The maximum Gasteiger partial charge on any atom is 0.243 e. The molecule has 2 aromatic carbocycles. The maximum absolute atomic E-state index is 13.5. The molecule has 0 radical (unpaired) electrons. The number of carbonyl (C=O) groups is 1. The fourth-order valence-electron chi connectivity index (χ4n) is 4.63. The summed E-state index contributed by atoms with van der Waals surface area (Å²) in [7, 11) is 0. The van der Waals surface area contributed by atoms with Crippen LogP contribution in [0.25, 0.3) is 22.4 Å². The van der Waals surface area contributed by atoms with Crippen LogP contribution in [0.3, 0.4) is 0 Å². The van der Waals surface area contributed by atoms with E-state index in [1.807, 2.05) is 42.5 Å². The molecule has 0 unspecified atom stereocenters. The van der Waals surface area contributed by atoms with Gasteiger partial charge in [0.05, 0.1) is 11.0 Å². The number of fused-ring (bicyclic) bond motifs is 1. The van der Waals surface area contributed by atoms with Gasteiger partial charge in [0.15, 0.2) is 0 Å². The molecule has 5 heteroatoms. The van der Waals surface area contributed by atoms with Crippen LogP contribution in [0.1, 0.15) is 51.0 Å². The fraction of sp³-hybridized carbons (Fsp3) is 0.417. The number of aromatic nitrogens is 2. The van der Waals surface area contributed by atoms with Crippen molar-refractivity contribution in [2.45, 2.75) is 57.0 Å². The predicted molar refractivity (Wildman–Crippen MR) is 117 cm³/mol. The van der Waals surface area contributed by atoms with Crippen LogP contribution in [0.5, 0.6) is 0 Å². The zero-order valence-electron chi connectivity index (χ0n) is 16.5. The first-order chi connectivity index (χ1) is 14.2. The number of para-hydroxylation sites is 2. The Morgan fingerprint density at radius 2 is 1.72 bits per heavy atom. The van der Waals surface area contributed by atoms with Gasteiger partial charge in [-0.15, -0.1) is 0 Å². The first-order valence-corrected chi connectivity index (χ1v) is 11.1. The molecule has 2 aliphatic carbocycles. The predicted octanol–water partition coefficient (Wildman–Crippen LogP) is 5.76. The van der Waals surface area contributed by atoms with Gasteiger partial charge in [-0.1, -0.05) is 43.0 Å². The molecule has 1 amide bonds. The van der Waals surface area contributed by atoms with Gasteiger partial charge in [-0.3, -0.25) is 4.79 Å². The van der Waals surface area contributed by atoms with Crippen molar-refractivity contribution < 1.29 is 4.79 Å². The molecule has 4 nitrogen and oxygen atoms in total. The Balaban J connectivity index is 1.66. The molecular weight excluding hydrogens is 382 g/mol. The number of hydrogen-bond acceptors (Lipinski definition) is 2. The van der Waals surface area contributed by atoms with E-state index in [0.29, 0.717) is 17.0 Å². The molecule has 1 atom stereocenters. The third-order valence-electron chi connectivity index (χ3n) is 6.27. The zero-order valence-corrected chi connectivity index (χ0v) is 17.2. The molecule has 0 bridgehead atoms. The highest BCUT2D eigenvalue weighted by Gasteiger charge is 2.36. The Morgan fingerprint density at radius 3 is 2.45 bits per heavy atom. The fourth-order valence-corrected chi connectivity index (χ4v) is 4.76. The van der Waals surface area contributed by atoms with Crippen LogP contribution in [0.4, 0.5) is 0 Å². The molecule has 0 spiro atoms. The van der Waals surface area contributed by atoms with Crippen LogP contribution in [0.2, 0.25) is 5.02 Å². The van der Waals surface area contributed by atoms with Crippen molar-refractivity contribution in [2.75, 3.05) is 0 Å². The minimum Gasteiger partial charge on any atom is -0.352 e. The molecule has 1 N–H and O–H groups in total. The Kier molecular flexibility index (Phi) is 5.04. The van der Waals surface area contributed by atoms with Crippen LogP contribution in [0.15, 0.2) is 48.5 Å². The number of hydrogen-bond donors (Lipinski definition) is 1. The van der Waals surface area contributed by atoms with Gasteiger partial charge in [0.1, 0.15) is 11.9 Å². The van der Waals surface area contributed by atoms with Gasteiger partial charge in [0.2, 0.25) is 5.91 Å². The van der Waals surface area contributed by atoms with Crippen LogP contribution in [-0.2, 0) is 4.79 Å². The molecule has 1 aromatic heterocycles. The summed E-state index contributed by atoms with van der Waals surface area (Å²) in [6.07, 6.45) is 8.03. The average Bonchev–Trinajstić information content (AvgIpc) is 3.48. The van der Waals surface area contributed by atoms with Gasteiger partial charge in [-0.2, -0.15) is 0 Å². The number of carbonyl (C=O) groups excluding carboxylic acids is 1. The van der Waals surface area contributed by atoms with E-state index in [0.717, 1.165) is 48.1 Å². The Morgan fingerprint density at radius 1 is 1.00 bits per heavy atom. The van der Waals surface area contributed by atoms with E-state index in [-0.39, 0.29) is 11.9 Å².